The van der Waals surface area contributed by atoms with E-state index in [0.717, 1.165) is 19.4 Å². The fraction of sp³-hybridized carbons (Fsp3) is 0.706. The molecular formula is C17H28N4O3. The lowest BCUT2D eigenvalue weighted by Gasteiger charge is -2.24. The summed E-state index contributed by atoms with van der Waals surface area (Å²) in [5.41, 5.74) is -0.525. The molecular weight excluding hydrogens is 308 g/mol. The van der Waals surface area contributed by atoms with Crippen LogP contribution in [0.15, 0.2) is 12.3 Å². The Bertz CT molecular complexity index is 577. The molecule has 1 aliphatic rings. The molecule has 1 saturated heterocycles. The average Bonchev–Trinajstić information content (AvgIpc) is 3.12. The zero-order valence-electron chi connectivity index (χ0n) is 15.0. The maximum atomic E-state index is 12.5. The van der Waals surface area contributed by atoms with Crippen LogP contribution >= 0.6 is 0 Å². The Balaban J connectivity index is 1.88. The maximum absolute atomic E-state index is 12.5. The van der Waals surface area contributed by atoms with Gasteiger partial charge in [0.1, 0.15) is 11.4 Å². The Hall–Kier alpha value is -2.05. The smallest absolute Gasteiger partial charge is 0.410 e. The third-order valence-corrected chi connectivity index (χ3v) is 3.90. The molecule has 1 N–H and O–H groups in total. The van der Waals surface area contributed by atoms with E-state index in [1.165, 1.54) is 0 Å². The number of unbranched alkanes of at least 4 members (excludes halogenated alkanes) is 1. The molecule has 1 atom stereocenters. The molecule has 134 valence electrons. The number of aromatic nitrogens is 2. The first kappa shape index (κ1) is 18.3. The molecule has 24 heavy (non-hydrogen) atoms. The van der Waals surface area contributed by atoms with Crippen LogP contribution in [-0.4, -0.2) is 45.4 Å². The van der Waals surface area contributed by atoms with Gasteiger partial charge in [0.25, 0.3) is 0 Å². The van der Waals surface area contributed by atoms with Gasteiger partial charge < -0.3 is 15.0 Å². The zero-order valence-corrected chi connectivity index (χ0v) is 15.0. The topological polar surface area (TPSA) is 76.5 Å². The molecule has 0 bridgehead atoms. The van der Waals surface area contributed by atoms with Crippen LogP contribution in [-0.2, 0) is 16.1 Å². The fourth-order valence-corrected chi connectivity index (χ4v) is 2.62. The summed E-state index contributed by atoms with van der Waals surface area (Å²) in [5.74, 6) is 0.426. The highest BCUT2D eigenvalue weighted by atomic mass is 16.6. The first-order valence-corrected chi connectivity index (χ1v) is 8.60. The molecule has 1 fully saturated rings. The van der Waals surface area contributed by atoms with Gasteiger partial charge in [0, 0.05) is 25.7 Å². The molecule has 2 heterocycles. The number of likely N-dealkylation sites (tertiary alicyclic amines) is 1. The zero-order chi connectivity index (χ0) is 17.7. The van der Waals surface area contributed by atoms with Crippen LogP contribution in [0.2, 0.25) is 0 Å². The number of hydrogen-bond donors (Lipinski definition) is 1. The average molecular weight is 336 g/mol. The Kier molecular flexibility index (Phi) is 5.85. The summed E-state index contributed by atoms with van der Waals surface area (Å²) < 4.78 is 7.17. The number of rotatable bonds is 5. The molecule has 0 radical (unpaired) electrons. The minimum absolute atomic E-state index is 0.0701. The second-order valence-corrected chi connectivity index (χ2v) is 7.19. The highest BCUT2D eigenvalue weighted by molar-refractivity contribution is 5.92. The fourth-order valence-electron chi connectivity index (χ4n) is 2.62. The lowest BCUT2D eigenvalue weighted by atomic mass is 10.1. The van der Waals surface area contributed by atoms with Crippen LogP contribution in [0.3, 0.4) is 0 Å². The summed E-state index contributed by atoms with van der Waals surface area (Å²) in [5, 5.41) is 7.17. The van der Waals surface area contributed by atoms with E-state index in [9.17, 15) is 9.59 Å². The van der Waals surface area contributed by atoms with Crippen molar-refractivity contribution in [3.05, 3.63) is 12.3 Å². The van der Waals surface area contributed by atoms with E-state index in [1.807, 2.05) is 25.5 Å². The molecule has 0 saturated carbocycles. The van der Waals surface area contributed by atoms with Crippen molar-refractivity contribution in [2.24, 2.45) is 5.92 Å². The number of aryl methyl sites for hydroxylation is 1. The molecule has 2 amide bonds. The van der Waals surface area contributed by atoms with E-state index in [4.69, 9.17) is 4.74 Å². The van der Waals surface area contributed by atoms with Crippen LogP contribution in [0.5, 0.6) is 0 Å². The van der Waals surface area contributed by atoms with Gasteiger partial charge in [-0.3, -0.25) is 4.79 Å². The number of ether oxygens (including phenoxy) is 1. The monoisotopic (exact) mass is 336 g/mol. The van der Waals surface area contributed by atoms with Gasteiger partial charge in [0.05, 0.1) is 12.1 Å². The highest BCUT2D eigenvalue weighted by Gasteiger charge is 2.33. The van der Waals surface area contributed by atoms with Crippen molar-refractivity contribution in [3.8, 4) is 0 Å². The van der Waals surface area contributed by atoms with Crippen molar-refractivity contribution in [1.82, 2.24) is 14.7 Å². The van der Waals surface area contributed by atoms with Crippen molar-refractivity contribution in [2.45, 2.75) is 59.1 Å². The minimum atomic E-state index is -0.525. The predicted octanol–water partition coefficient (Wildman–Crippen LogP) is 2.88. The largest absolute Gasteiger partial charge is 0.444 e. The number of nitrogens with zero attached hydrogens (tertiary/aromatic N) is 3. The van der Waals surface area contributed by atoms with Crippen LogP contribution in [0, 0.1) is 5.92 Å². The summed E-state index contributed by atoms with van der Waals surface area (Å²) in [6.07, 6.45) is 4.06. The van der Waals surface area contributed by atoms with Gasteiger partial charge >= 0.3 is 6.09 Å². The number of carbonyl (C=O) groups excluding carboxylic acids is 2. The van der Waals surface area contributed by atoms with Crippen molar-refractivity contribution in [1.29, 1.82) is 0 Å². The summed E-state index contributed by atoms with van der Waals surface area (Å²) in [6.45, 7) is 9.35. The number of hydrogen-bond acceptors (Lipinski definition) is 4. The van der Waals surface area contributed by atoms with Crippen molar-refractivity contribution in [2.75, 3.05) is 18.4 Å². The quantitative estimate of drug-likeness (QED) is 0.897. The Labute approximate surface area is 143 Å². The van der Waals surface area contributed by atoms with Crippen molar-refractivity contribution >= 4 is 17.8 Å². The highest BCUT2D eigenvalue weighted by Crippen LogP contribution is 2.21. The van der Waals surface area contributed by atoms with Gasteiger partial charge in [0.2, 0.25) is 5.91 Å². The van der Waals surface area contributed by atoms with Gasteiger partial charge in [-0.05, 0) is 33.6 Å². The summed E-state index contributed by atoms with van der Waals surface area (Å²) in [7, 11) is 0. The number of anilines is 1. The number of amides is 2. The van der Waals surface area contributed by atoms with Crippen LogP contribution in [0.25, 0.3) is 0 Å². The van der Waals surface area contributed by atoms with Crippen LogP contribution in [0.1, 0.15) is 47.0 Å². The number of nitrogens with one attached hydrogen (secondary N) is 1. The molecule has 0 spiro atoms. The van der Waals surface area contributed by atoms with E-state index in [0.29, 0.717) is 25.3 Å². The Morgan fingerprint density at radius 2 is 2.17 bits per heavy atom. The molecule has 1 aromatic rings. The van der Waals surface area contributed by atoms with E-state index >= 15 is 0 Å². The Morgan fingerprint density at radius 1 is 1.42 bits per heavy atom. The van der Waals surface area contributed by atoms with Gasteiger partial charge in [-0.1, -0.05) is 13.3 Å². The third kappa shape index (κ3) is 4.97. The molecule has 7 nitrogen and oxygen atoms in total. The van der Waals surface area contributed by atoms with Crippen LogP contribution < -0.4 is 5.32 Å². The third-order valence-electron chi connectivity index (χ3n) is 3.90. The molecule has 1 aliphatic heterocycles. The molecule has 1 unspecified atom stereocenters. The lowest BCUT2D eigenvalue weighted by Crippen LogP contribution is -2.36. The van der Waals surface area contributed by atoms with E-state index in [2.05, 4.69) is 17.3 Å². The van der Waals surface area contributed by atoms with Gasteiger partial charge in [-0.15, -0.1) is 0 Å². The summed E-state index contributed by atoms with van der Waals surface area (Å²) >= 11 is 0. The van der Waals surface area contributed by atoms with E-state index in [1.54, 1.807) is 17.2 Å². The minimum Gasteiger partial charge on any atom is -0.444 e. The summed E-state index contributed by atoms with van der Waals surface area (Å²) in [6, 6.07) is 1.80. The first-order chi connectivity index (χ1) is 11.3. The lowest BCUT2D eigenvalue weighted by molar-refractivity contribution is -0.119. The van der Waals surface area contributed by atoms with Gasteiger partial charge in [-0.2, -0.15) is 5.10 Å². The Morgan fingerprint density at radius 3 is 2.83 bits per heavy atom. The second-order valence-electron chi connectivity index (χ2n) is 7.19. The summed E-state index contributed by atoms with van der Waals surface area (Å²) in [4.78, 5) is 26.1. The first-order valence-electron chi connectivity index (χ1n) is 8.60. The second kappa shape index (κ2) is 7.68. The molecule has 0 aromatic carbocycles. The molecule has 2 rings (SSSR count). The molecule has 1 aromatic heterocycles. The molecule has 0 aliphatic carbocycles. The molecule has 7 heteroatoms. The van der Waals surface area contributed by atoms with Crippen molar-refractivity contribution < 1.29 is 14.3 Å². The van der Waals surface area contributed by atoms with E-state index in [-0.39, 0.29) is 17.9 Å². The normalized spacial score (nSPS) is 17.8. The van der Waals surface area contributed by atoms with Gasteiger partial charge in [-0.25, -0.2) is 9.48 Å². The van der Waals surface area contributed by atoms with Crippen LogP contribution in [0.4, 0.5) is 10.6 Å². The number of carbonyl (C=O) groups is 2. The van der Waals surface area contributed by atoms with Crippen molar-refractivity contribution in [3.63, 3.8) is 0 Å². The van der Waals surface area contributed by atoms with Gasteiger partial charge in [0.15, 0.2) is 0 Å². The standard InChI is InChI=1S/C17H28N4O3/c1-5-6-10-21-14(7-9-18-21)19-15(22)13-8-11-20(12-13)16(23)24-17(2,3)4/h7,9,13H,5-6,8,10-12H2,1-4H3,(H,19,22). The SMILES string of the molecule is CCCCn1nccc1NC(=O)C1CCN(C(=O)OC(C)(C)C)C1. The van der Waals surface area contributed by atoms with E-state index < -0.39 is 5.60 Å². The predicted molar refractivity (Wildman–Crippen MR) is 91.7 cm³/mol. The maximum Gasteiger partial charge on any atom is 0.410 e.